The van der Waals surface area contributed by atoms with Crippen LogP contribution < -0.4 is 0 Å². The van der Waals surface area contributed by atoms with Crippen LogP contribution in [0.1, 0.15) is 20.8 Å². The Morgan fingerprint density at radius 1 is 1.05 bits per heavy atom. The fraction of sp³-hybridized carbons (Fsp3) is 0. The third-order valence-corrected chi connectivity index (χ3v) is 2.79. The number of carbonyl (C=O) groups is 2. The molecule has 1 aromatic heterocycles. The Hall–Kier alpha value is -2.40. The lowest BCUT2D eigenvalue weighted by atomic mass is 10.1. The molecule has 2 aromatic rings. The van der Waals surface area contributed by atoms with Crippen molar-refractivity contribution in [2.75, 3.05) is 0 Å². The maximum absolute atomic E-state index is 11.0. The fourth-order valence-corrected chi connectivity index (χ4v) is 1.76. The minimum atomic E-state index is -1.15. The molecule has 2 rings (SSSR count). The summed E-state index contributed by atoms with van der Waals surface area (Å²) < 4.78 is 0. The molecule has 1 aromatic carbocycles. The molecule has 2 N–H and O–H groups in total. The molecule has 0 atom stereocenters. The van der Waals surface area contributed by atoms with Crippen LogP contribution in [0.5, 0.6) is 0 Å². The Kier molecular flexibility index (Phi) is 3.48. The average Bonchev–Trinajstić information content (AvgIpc) is 2.39. The van der Waals surface area contributed by atoms with Crippen molar-refractivity contribution in [3.63, 3.8) is 0 Å². The zero-order valence-electron chi connectivity index (χ0n) is 9.50. The summed E-state index contributed by atoms with van der Waals surface area (Å²) in [5.41, 5.74) is 0.704. The van der Waals surface area contributed by atoms with Gasteiger partial charge in [-0.05, 0) is 24.3 Å². The van der Waals surface area contributed by atoms with E-state index in [1.807, 2.05) is 0 Å². The van der Waals surface area contributed by atoms with Crippen LogP contribution in [-0.4, -0.2) is 27.1 Å². The van der Waals surface area contributed by atoms with Gasteiger partial charge in [0.2, 0.25) is 0 Å². The number of carboxylic acid groups (broad SMARTS) is 2. The fourth-order valence-electron chi connectivity index (χ4n) is 1.56. The van der Waals surface area contributed by atoms with Crippen molar-refractivity contribution in [3.05, 3.63) is 52.7 Å². The Labute approximate surface area is 113 Å². The minimum absolute atomic E-state index is 0.0540. The van der Waals surface area contributed by atoms with E-state index in [0.717, 1.165) is 0 Å². The van der Waals surface area contributed by atoms with Gasteiger partial charge in [-0.3, -0.25) is 0 Å². The average molecular weight is 278 g/mol. The highest BCUT2D eigenvalue weighted by Gasteiger charge is 2.12. The number of rotatable bonds is 3. The molecule has 0 spiro atoms. The molecular weight excluding hydrogens is 270 g/mol. The SMILES string of the molecule is O=C(O)c1cccc(-c2ccc(Cl)c(C(=O)O)c2)n1. The number of nitrogens with zero attached hydrogens (tertiary/aromatic N) is 1. The van der Waals surface area contributed by atoms with Crippen LogP contribution in [0.2, 0.25) is 5.02 Å². The number of aromatic carboxylic acids is 2. The van der Waals surface area contributed by atoms with Gasteiger partial charge in [0.25, 0.3) is 0 Å². The van der Waals surface area contributed by atoms with Crippen molar-refractivity contribution < 1.29 is 19.8 Å². The molecule has 0 saturated carbocycles. The van der Waals surface area contributed by atoms with E-state index in [1.54, 1.807) is 18.2 Å². The second-order valence-corrected chi connectivity index (χ2v) is 4.12. The third kappa shape index (κ3) is 2.71. The van der Waals surface area contributed by atoms with E-state index >= 15 is 0 Å². The molecule has 0 unspecified atom stereocenters. The summed E-state index contributed by atoms with van der Waals surface area (Å²) in [5.74, 6) is -2.30. The second kappa shape index (κ2) is 5.07. The maximum atomic E-state index is 11.0. The van der Waals surface area contributed by atoms with Crippen LogP contribution in [-0.2, 0) is 0 Å². The van der Waals surface area contributed by atoms with Gasteiger partial charge in [-0.2, -0.15) is 0 Å². The number of benzene rings is 1. The van der Waals surface area contributed by atoms with Crippen molar-refractivity contribution in [2.45, 2.75) is 0 Å². The highest BCUT2D eigenvalue weighted by molar-refractivity contribution is 6.33. The Balaban J connectivity index is 2.53. The summed E-state index contributed by atoms with van der Waals surface area (Å²) in [5, 5.41) is 18.0. The molecule has 96 valence electrons. The lowest BCUT2D eigenvalue weighted by Gasteiger charge is -2.05. The van der Waals surface area contributed by atoms with Gasteiger partial charge >= 0.3 is 11.9 Å². The van der Waals surface area contributed by atoms with E-state index in [-0.39, 0.29) is 16.3 Å². The minimum Gasteiger partial charge on any atom is -0.478 e. The summed E-state index contributed by atoms with van der Waals surface area (Å²) in [6.07, 6.45) is 0. The van der Waals surface area contributed by atoms with Gasteiger partial charge in [0.05, 0.1) is 16.3 Å². The number of carboxylic acids is 2. The topological polar surface area (TPSA) is 87.5 Å². The van der Waals surface area contributed by atoms with E-state index in [2.05, 4.69) is 4.98 Å². The van der Waals surface area contributed by atoms with Gasteiger partial charge in [-0.1, -0.05) is 23.7 Å². The normalized spacial score (nSPS) is 10.2. The first-order valence-corrected chi connectivity index (χ1v) is 5.60. The van der Waals surface area contributed by atoms with Gasteiger partial charge in [0.15, 0.2) is 0 Å². The highest BCUT2D eigenvalue weighted by atomic mass is 35.5. The molecule has 6 heteroatoms. The first-order chi connectivity index (χ1) is 8.99. The van der Waals surface area contributed by atoms with E-state index in [9.17, 15) is 9.59 Å². The van der Waals surface area contributed by atoms with Crippen LogP contribution in [0, 0.1) is 0 Å². The molecular formula is C13H8ClNO4. The van der Waals surface area contributed by atoms with Crippen LogP contribution in [0.4, 0.5) is 0 Å². The predicted molar refractivity (Wildman–Crippen MR) is 68.6 cm³/mol. The number of pyridine rings is 1. The molecule has 0 aliphatic carbocycles. The first kappa shape index (κ1) is 13.0. The molecule has 19 heavy (non-hydrogen) atoms. The van der Waals surface area contributed by atoms with Crippen LogP contribution in [0.15, 0.2) is 36.4 Å². The van der Waals surface area contributed by atoms with Gasteiger partial charge in [-0.15, -0.1) is 0 Å². The summed E-state index contributed by atoms with van der Waals surface area (Å²) in [6.45, 7) is 0. The third-order valence-electron chi connectivity index (χ3n) is 2.46. The standard InChI is InChI=1S/C13H8ClNO4/c14-9-5-4-7(6-8(9)12(16)17)10-2-1-3-11(15-10)13(18)19/h1-6H,(H,16,17)(H,18,19). The monoisotopic (exact) mass is 277 g/mol. The number of hydrogen-bond donors (Lipinski definition) is 2. The van der Waals surface area contributed by atoms with Crippen molar-refractivity contribution >= 4 is 23.5 Å². The van der Waals surface area contributed by atoms with Crippen LogP contribution in [0.25, 0.3) is 11.3 Å². The molecule has 0 aliphatic rings. The molecule has 0 aliphatic heterocycles. The Morgan fingerprint density at radius 2 is 1.79 bits per heavy atom. The number of aromatic nitrogens is 1. The zero-order chi connectivity index (χ0) is 14.0. The smallest absolute Gasteiger partial charge is 0.354 e. The quantitative estimate of drug-likeness (QED) is 0.901. The highest BCUT2D eigenvalue weighted by Crippen LogP contribution is 2.24. The summed E-state index contributed by atoms with van der Waals surface area (Å²) in [7, 11) is 0. The van der Waals surface area contributed by atoms with Gasteiger partial charge in [0.1, 0.15) is 5.69 Å². The molecule has 0 fully saturated rings. The summed E-state index contributed by atoms with van der Waals surface area (Å²) in [4.78, 5) is 25.8. The lowest BCUT2D eigenvalue weighted by molar-refractivity contribution is 0.0682. The first-order valence-electron chi connectivity index (χ1n) is 5.22. The molecule has 0 radical (unpaired) electrons. The van der Waals surface area contributed by atoms with E-state index in [4.69, 9.17) is 21.8 Å². The summed E-state index contributed by atoms with van der Waals surface area (Å²) in [6, 6.07) is 8.89. The second-order valence-electron chi connectivity index (χ2n) is 3.71. The number of halogens is 1. The van der Waals surface area contributed by atoms with E-state index in [0.29, 0.717) is 11.3 Å². The predicted octanol–water partition coefficient (Wildman–Crippen LogP) is 2.80. The Morgan fingerprint density at radius 3 is 2.42 bits per heavy atom. The lowest BCUT2D eigenvalue weighted by Crippen LogP contribution is -2.01. The zero-order valence-corrected chi connectivity index (χ0v) is 10.3. The van der Waals surface area contributed by atoms with Crippen LogP contribution in [0.3, 0.4) is 0 Å². The van der Waals surface area contributed by atoms with E-state index in [1.165, 1.54) is 18.2 Å². The van der Waals surface area contributed by atoms with Crippen molar-refractivity contribution in [2.24, 2.45) is 0 Å². The maximum Gasteiger partial charge on any atom is 0.354 e. The van der Waals surface area contributed by atoms with Crippen molar-refractivity contribution in [1.29, 1.82) is 0 Å². The van der Waals surface area contributed by atoms with Gasteiger partial charge in [-0.25, -0.2) is 14.6 Å². The number of hydrogen-bond acceptors (Lipinski definition) is 3. The van der Waals surface area contributed by atoms with E-state index < -0.39 is 11.9 Å². The van der Waals surface area contributed by atoms with Gasteiger partial charge in [0, 0.05) is 5.56 Å². The van der Waals surface area contributed by atoms with Gasteiger partial charge < -0.3 is 10.2 Å². The molecule has 0 saturated heterocycles. The largest absolute Gasteiger partial charge is 0.478 e. The molecule has 1 heterocycles. The molecule has 5 nitrogen and oxygen atoms in total. The Bertz CT molecular complexity index is 669. The van der Waals surface area contributed by atoms with Crippen molar-refractivity contribution in [1.82, 2.24) is 4.98 Å². The molecule has 0 bridgehead atoms. The van der Waals surface area contributed by atoms with Crippen LogP contribution >= 0.6 is 11.6 Å². The van der Waals surface area contributed by atoms with Crippen molar-refractivity contribution in [3.8, 4) is 11.3 Å². The molecule has 0 amide bonds. The summed E-state index contributed by atoms with van der Waals surface area (Å²) >= 11 is 5.77.